The maximum Gasteiger partial charge on any atom is 0.417 e. The summed E-state index contributed by atoms with van der Waals surface area (Å²) in [4.78, 5) is 28.2. The van der Waals surface area contributed by atoms with Gasteiger partial charge in [-0.2, -0.15) is 17.6 Å². The van der Waals surface area contributed by atoms with Gasteiger partial charge in [0.05, 0.1) is 7.11 Å². The zero-order valence-electron chi connectivity index (χ0n) is 17.7. The number of carbonyl (C=O) groups excluding carboxylic acids is 2. The Bertz CT molecular complexity index is 1090. The number of aromatic nitrogens is 1. The molecule has 0 spiro atoms. The number of amides is 2. The van der Waals surface area contributed by atoms with E-state index in [-0.39, 0.29) is 16.9 Å². The van der Waals surface area contributed by atoms with E-state index in [1.54, 1.807) is 0 Å². The molecule has 33 heavy (non-hydrogen) atoms. The van der Waals surface area contributed by atoms with Crippen LogP contribution in [-0.2, 0) is 9.53 Å². The number of ether oxygens (including phenoxy) is 2. The zero-order valence-corrected chi connectivity index (χ0v) is 17.7. The minimum absolute atomic E-state index is 0.0000342. The number of carbonyl (C=O) groups is 2. The Labute approximate surface area is 185 Å². The van der Waals surface area contributed by atoms with Gasteiger partial charge in [0.2, 0.25) is 11.7 Å². The molecule has 0 saturated carbocycles. The Morgan fingerprint density at radius 2 is 1.91 bits per heavy atom. The van der Waals surface area contributed by atoms with E-state index in [2.05, 4.69) is 10.3 Å². The molecule has 0 radical (unpaired) electrons. The van der Waals surface area contributed by atoms with Crippen LogP contribution in [0.4, 0.5) is 27.8 Å². The Morgan fingerprint density at radius 3 is 2.48 bits per heavy atom. The third-order valence-electron chi connectivity index (χ3n) is 5.87. The highest BCUT2D eigenvalue weighted by molar-refractivity contribution is 5.97. The summed E-state index contributed by atoms with van der Waals surface area (Å²) in [5, 5.41) is 2.29. The Hall–Kier alpha value is -3.28. The lowest BCUT2D eigenvalue weighted by Crippen LogP contribution is -2.47. The zero-order chi connectivity index (χ0) is 24.7. The molecule has 1 aromatic carbocycles. The molecule has 0 unspecified atom stereocenters. The van der Waals surface area contributed by atoms with E-state index in [0.717, 1.165) is 32.2 Å². The highest BCUT2D eigenvalue weighted by Gasteiger charge is 2.65. The molecule has 2 aromatic rings. The fourth-order valence-electron chi connectivity index (χ4n) is 3.89. The predicted molar refractivity (Wildman–Crippen MR) is 106 cm³/mol. The van der Waals surface area contributed by atoms with Gasteiger partial charge in [0.25, 0.3) is 5.91 Å². The molecule has 3 rings (SSSR count). The molecule has 12 heteroatoms. The molecule has 1 aromatic heterocycles. The van der Waals surface area contributed by atoms with Gasteiger partial charge in [0.1, 0.15) is 11.9 Å². The summed E-state index contributed by atoms with van der Waals surface area (Å²) in [6.07, 6.45) is -5.51. The number of halogens is 5. The molecule has 1 fully saturated rings. The number of hydrogen-bond acceptors (Lipinski definition) is 5. The van der Waals surface area contributed by atoms with E-state index in [4.69, 9.17) is 15.2 Å². The highest BCUT2D eigenvalue weighted by Crippen LogP contribution is 2.54. The topological polar surface area (TPSA) is 104 Å². The van der Waals surface area contributed by atoms with Gasteiger partial charge in [-0.1, -0.05) is 13.0 Å². The number of nitrogens with zero attached hydrogens (tertiary/aromatic N) is 1. The quantitative estimate of drug-likeness (QED) is 0.647. The number of alkyl halides is 3. The largest absolute Gasteiger partial charge is 0.493 e. The van der Waals surface area contributed by atoms with Crippen LogP contribution in [-0.4, -0.2) is 41.8 Å². The van der Waals surface area contributed by atoms with Gasteiger partial charge in [0, 0.05) is 29.2 Å². The monoisotopic (exact) mass is 473 g/mol. The lowest BCUT2D eigenvalue weighted by atomic mass is 9.77. The average molecular weight is 473 g/mol. The number of methoxy groups -OCH3 is 1. The van der Waals surface area contributed by atoms with Crippen LogP contribution in [0, 0.1) is 17.6 Å². The molecule has 3 N–H and O–H groups in total. The number of primary amides is 1. The van der Waals surface area contributed by atoms with Gasteiger partial charge in [-0.05, 0) is 25.1 Å². The first-order valence-electron chi connectivity index (χ1n) is 9.65. The number of anilines is 1. The van der Waals surface area contributed by atoms with Crippen molar-refractivity contribution < 1.29 is 41.0 Å². The second-order valence-corrected chi connectivity index (χ2v) is 7.72. The van der Waals surface area contributed by atoms with Crippen molar-refractivity contribution in [1.29, 1.82) is 0 Å². The van der Waals surface area contributed by atoms with Crippen LogP contribution in [0.1, 0.15) is 35.7 Å². The van der Waals surface area contributed by atoms with Crippen LogP contribution in [0.2, 0.25) is 0 Å². The fourth-order valence-corrected chi connectivity index (χ4v) is 3.89. The molecular weight excluding hydrogens is 453 g/mol. The highest BCUT2D eigenvalue weighted by atomic mass is 19.4. The molecule has 1 aliphatic heterocycles. The first-order chi connectivity index (χ1) is 15.3. The average Bonchev–Trinajstić information content (AvgIpc) is 3.02. The molecule has 1 aliphatic rings. The minimum atomic E-state index is -4.89. The lowest BCUT2D eigenvalue weighted by Gasteiger charge is -2.32. The summed E-state index contributed by atoms with van der Waals surface area (Å²) < 4.78 is 80.0. The second kappa shape index (κ2) is 8.58. The number of nitrogens with two attached hydrogens (primary N) is 1. The maximum atomic E-state index is 14.3. The lowest BCUT2D eigenvalue weighted by molar-refractivity contribution is -0.272. The third kappa shape index (κ3) is 4.22. The van der Waals surface area contributed by atoms with Crippen LogP contribution in [0.5, 0.6) is 5.75 Å². The van der Waals surface area contributed by atoms with Crippen LogP contribution in [0.15, 0.2) is 30.5 Å². The van der Waals surface area contributed by atoms with Gasteiger partial charge in [-0.15, -0.1) is 0 Å². The molecule has 4 atom stereocenters. The predicted octanol–water partition coefficient (Wildman–Crippen LogP) is 3.55. The normalized spacial score (nSPS) is 25.0. The standard InChI is InChI=1S/C21H20F5N3O4/c1-9-14(11-4-5-12(22)15(23)16(11)32-3)17(33-20(9,2)21(24,25)26)19(31)29-13-8-10(18(27)30)6-7-28-13/h4-9,14,17H,1-3H3,(H2,27,30)(H,28,29,31)/t9-,14+,17+,20-/m0/s1. The second-order valence-electron chi connectivity index (χ2n) is 7.72. The number of rotatable bonds is 5. The summed E-state index contributed by atoms with van der Waals surface area (Å²) in [7, 11) is 1.03. The number of pyridine rings is 1. The van der Waals surface area contributed by atoms with Crippen molar-refractivity contribution in [2.75, 3.05) is 12.4 Å². The molecule has 178 valence electrons. The van der Waals surface area contributed by atoms with Crippen molar-refractivity contribution in [2.24, 2.45) is 11.7 Å². The Morgan fingerprint density at radius 1 is 1.24 bits per heavy atom. The Kier molecular flexibility index (Phi) is 6.33. The summed E-state index contributed by atoms with van der Waals surface area (Å²) in [6.45, 7) is 1.97. The van der Waals surface area contributed by atoms with Crippen molar-refractivity contribution in [3.05, 3.63) is 53.2 Å². The molecule has 2 amide bonds. The molecule has 1 saturated heterocycles. The van der Waals surface area contributed by atoms with Crippen LogP contribution in [0.3, 0.4) is 0 Å². The summed E-state index contributed by atoms with van der Waals surface area (Å²) >= 11 is 0. The van der Waals surface area contributed by atoms with Crippen molar-refractivity contribution in [3.8, 4) is 5.75 Å². The first kappa shape index (κ1) is 24.4. The number of benzene rings is 1. The van der Waals surface area contributed by atoms with E-state index >= 15 is 0 Å². The summed E-state index contributed by atoms with van der Waals surface area (Å²) in [5.41, 5.74) is 2.22. The van der Waals surface area contributed by atoms with Crippen molar-refractivity contribution in [1.82, 2.24) is 4.98 Å². The van der Waals surface area contributed by atoms with Crippen LogP contribution >= 0.6 is 0 Å². The number of nitrogens with one attached hydrogen (secondary N) is 1. The summed E-state index contributed by atoms with van der Waals surface area (Å²) in [5.74, 6) is -8.10. The van der Waals surface area contributed by atoms with Gasteiger partial charge < -0.3 is 20.5 Å². The van der Waals surface area contributed by atoms with E-state index < -0.39 is 58.9 Å². The maximum absolute atomic E-state index is 14.3. The molecule has 7 nitrogen and oxygen atoms in total. The molecule has 2 heterocycles. The van der Waals surface area contributed by atoms with E-state index in [0.29, 0.717) is 0 Å². The van der Waals surface area contributed by atoms with Crippen LogP contribution < -0.4 is 15.8 Å². The number of hydrogen-bond donors (Lipinski definition) is 2. The van der Waals surface area contributed by atoms with Gasteiger partial charge in [-0.3, -0.25) is 9.59 Å². The third-order valence-corrected chi connectivity index (χ3v) is 5.87. The van der Waals surface area contributed by atoms with E-state index in [1.165, 1.54) is 19.2 Å². The fraction of sp³-hybridized carbons (Fsp3) is 0.381. The van der Waals surface area contributed by atoms with E-state index in [9.17, 15) is 31.5 Å². The molecular formula is C21H20F5N3O4. The molecule has 0 aliphatic carbocycles. The van der Waals surface area contributed by atoms with Gasteiger partial charge in [0.15, 0.2) is 17.2 Å². The van der Waals surface area contributed by atoms with Gasteiger partial charge >= 0.3 is 6.18 Å². The van der Waals surface area contributed by atoms with Crippen LogP contribution in [0.25, 0.3) is 0 Å². The SMILES string of the molecule is COc1c([C@@H]2[C@H](C(=O)Nc3cc(C(N)=O)ccn3)O[C@](C)(C(F)(F)F)[C@H]2C)ccc(F)c1F. The first-order valence-corrected chi connectivity index (χ1v) is 9.65. The molecule has 0 bridgehead atoms. The van der Waals surface area contributed by atoms with Crippen molar-refractivity contribution in [2.45, 2.75) is 37.6 Å². The van der Waals surface area contributed by atoms with Crippen molar-refractivity contribution in [3.63, 3.8) is 0 Å². The Balaban J connectivity index is 2.07. The van der Waals surface area contributed by atoms with Gasteiger partial charge in [-0.25, -0.2) is 9.37 Å². The van der Waals surface area contributed by atoms with E-state index in [1.807, 2.05) is 0 Å². The summed E-state index contributed by atoms with van der Waals surface area (Å²) in [6, 6.07) is 4.20. The van der Waals surface area contributed by atoms with Crippen molar-refractivity contribution >= 4 is 17.6 Å². The smallest absolute Gasteiger partial charge is 0.417 e. The minimum Gasteiger partial charge on any atom is -0.493 e.